The van der Waals surface area contributed by atoms with Crippen molar-refractivity contribution >= 4 is 11.9 Å². The summed E-state index contributed by atoms with van der Waals surface area (Å²) in [7, 11) is 3.94. The SMILES string of the molecule is CNc1nc(NCCN(C)C2CC2)nc(-n2ccnc2)n1. The van der Waals surface area contributed by atoms with Crippen molar-refractivity contribution in [3.8, 4) is 5.95 Å². The van der Waals surface area contributed by atoms with E-state index in [1.807, 2.05) is 0 Å². The smallest absolute Gasteiger partial charge is 0.241 e. The lowest BCUT2D eigenvalue weighted by Crippen LogP contribution is -2.27. The number of likely N-dealkylation sites (N-methyl/N-ethyl adjacent to an activating group) is 1. The largest absolute Gasteiger partial charge is 0.357 e. The Labute approximate surface area is 123 Å². The topological polar surface area (TPSA) is 83.8 Å². The fraction of sp³-hybridized carbons (Fsp3) is 0.538. The van der Waals surface area contributed by atoms with E-state index < -0.39 is 0 Å². The third-order valence-electron chi connectivity index (χ3n) is 3.50. The van der Waals surface area contributed by atoms with Gasteiger partial charge in [0, 0.05) is 38.6 Å². The van der Waals surface area contributed by atoms with Gasteiger partial charge in [0.25, 0.3) is 0 Å². The molecule has 0 saturated heterocycles. The van der Waals surface area contributed by atoms with Crippen LogP contribution in [0.15, 0.2) is 18.7 Å². The molecule has 0 aliphatic heterocycles. The molecule has 0 spiro atoms. The summed E-state index contributed by atoms with van der Waals surface area (Å²) in [6.45, 7) is 1.79. The Morgan fingerprint density at radius 3 is 2.76 bits per heavy atom. The third kappa shape index (κ3) is 3.46. The molecule has 0 unspecified atom stereocenters. The van der Waals surface area contributed by atoms with E-state index in [2.05, 4.69) is 42.5 Å². The van der Waals surface area contributed by atoms with E-state index in [1.54, 1.807) is 30.3 Å². The molecule has 3 rings (SSSR count). The Morgan fingerprint density at radius 2 is 2.10 bits per heavy atom. The number of imidazole rings is 1. The predicted octanol–water partition coefficient (Wildman–Crippen LogP) is 0.605. The van der Waals surface area contributed by atoms with Crippen LogP contribution in [0.5, 0.6) is 0 Å². The Hall–Kier alpha value is -2.22. The molecule has 1 saturated carbocycles. The van der Waals surface area contributed by atoms with E-state index in [4.69, 9.17) is 0 Å². The average Bonchev–Trinajstić information content (AvgIpc) is 3.21. The van der Waals surface area contributed by atoms with Gasteiger partial charge in [0.2, 0.25) is 17.8 Å². The van der Waals surface area contributed by atoms with Crippen molar-refractivity contribution in [3.63, 3.8) is 0 Å². The number of hydrogen-bond donors (Lipinski definition) is 2. The van der Waals surface area contributed by atoms with Crippen LogP contribution in [0.25, 0.3) is 5.95 Å². The Kier molecular flexibility index (Phi) is 3.96. The fourth-order valence-electron chi connectivity index (χ4n) is 2.09. The van der Waals surface area contributed by atoms with Crippen molar-refractivity contribution in [3.05, 3.63) is 18.7 Å². The number of rotatable bonds is 7. The minimum absolute atomic E-state index is 0.534. The summed E-state index contributed by atoms with van der Waals surface area (Å²) in [6.07, 6.45) is 7.80. The number of aromatic nitrogens is 5. The van der Waals surface area contributed by atoms with E-state index in [0.717, 1.165) is 19.1 Å². The third-order valence-corrected chi connectivity index (χ3v) is 3.50. The van der Waals surface area contributed by atoms with Crippen molar-refractivity contribution < 1.29 is 0 Å². The van der Waals surface area contributed by atoms with Gasteiger partial charge in [0.05, 0.1) is 0 Å². The predicted molar refractivity (Wildman–Crippen MR) is 80.6 cm³/mol. The van der Waals surface area contributed by atoms with Crippen LogP contribution in [-0.4, -0.2) is 62.6 Å². The van der Waals surface area contributed by atoms with E-state index in [1.165, 1.54) is 12.8 Å². The molecule has 8 nitrogen and oxygen atoms in total. The van der Waals surface area contributed by atoms with Crippen molar-refractivity contribution in [2.24, 2.45) is 0 Å². The molecule has 1 fully saturated rings. The summed E-state index contributed by atoms with van der Waals surface area (Å²) < 4.78 is 1.75. The molecule has 1 aliphatic rings. The van der Waals surface area contributed by atoms with Crippen molar-refractivity contribution in [1.82, 2.24) is 29.4 Å². The van der Waals surface area contributed by atoms with Crippen LogP contribution in [0, 0.1) is 0 Å². The number of nitrogens with one attached hydrogen (secondary N) is 2. The van der Waals surface area contributed by atoms with Crippen molar-refractivity contribution in [2.45, 2.75) is 18.9 Å². The minimum atomic E-state index is 0.534. The molecule has 0 aromatic carbocycles. The lowest BCUT2D eigenvalue weighted by atomic mass is 10.5. The molecule has 1 aliphatic carbocycles. The maximum absolute atomic E-state index is 4.41. The summed E-state index contributed by atoms with van der Waals surface area (Å²) in [5, 5.41) is 6.21. The van der Waals surface area contributed by atoms with Crippen LogP contribution in [0.4, 0.5) is 11.9 Å². The zero-order chi connectivity index (χ0) is 14.7. The number of hydrogen-bond acceptors (Lipinski definition) is 7. The Balaban J connectivity index is 1.67. The van der Waals surface area contributed by atoms with E-state index in [0.29, 0.717) is 17.8 Å². The van der Waals surface area contributed by atoms with Crippen LogP contribution >= 0.6 is 0 Å². The van der Waals surface area contributed by atoms with Gasteiger partial charge >= 0.3 is 0 Å². The van der Waals surface area contributed by atoms with E-state index in [9.17, 15) is 0 Å². The van der Waals surface area contributed by atoms with Crippen LogP contribution in [0.3, 0.4) is 0 Å². The lowest BCUT2D eigenvalue weighted by Gasteiger charge is -2.16. The van der Waals surface area contributed by atoms with Crippen molar-refractivity contribution in [1.29, 1.82) is 0 Å². The average molecular weight is 288 g/mol. The lowest BCUT2D eigenvalue weighted by molar-refractivity contribution is 0.337. The molecule has 2 aromatic heterocycles. The molecule has 21 heavy (non-hydrogen) atoms. The molecule has 112 valence electrons. The zero-order valence-corrected chi connectivity index (χ0v) is 12.3. The summed E-state index contributed by atoms with van der Waals surface area (Å²) >= 11 is 0. The first kappa shape index (κ1) is 13.7. The zero-order valence-electron chi connectivity index (χ0n) is 12.3. The summed E-state index contributed by atoms with van der Waals surface area (Å²) in [5.74, 6) is 1.65. The molecule has 0 bridgehead atoms. The van der Waals surface area contributed by atoms with Gasteiger partial charge < -0.3 is 15.5 Å². The van der Waals surface area contributed by atoms with Gasteiger partial charge in [0.15, 0.2) is 0 Å². The van der Waals surface area contributed by atoms with Crippen LogP contribution in [0.2, 0.25) is 0 Å². The second-order valence-corrected chi connectivity index (χ2v) is 5.14. The molecule has 0 radical (unpaired) electrons. The highest BCUT2D eigenvalue weighted by Gasteiger charge is 2.25. The molecular weight excluding hydrogens is 268 g/mol. The summed E-state index contributed by atoms with van der Waals surface area (Å²) in [4.78, 5) is 19.4. The quantitative estimate of drug-likeness (QED) is 0.772. The van der Waals surface area contributed by atoms with Gasteiger partial charge in [0.1, 0.15) is 6.33 Å². The first-order chi connectivity index (χ1) is 10.3. The maximum atomic E-state index is 4.41. The Morgan fingerprint density at radius 1 is 1.29 bits per heavy atom. The van der Waals surface area contributed by atoms with Crippen LogP contribution < -0.4 is 10.6 Å². The van der Waals surface area contributed by atoms with Crippen LogP contribution in [0.1, 0.15) is 12.8 Å². The van der Waals surface area contributed by atoms with Gasteiger partial charge in [-0.2, -0.15) is 15.0 Å². The molecular formula is C13H20N8. The highest BCUT2D eigenvalue weighted by Crippen LogP contribution is 2.24. The molecule has 2 heterocycles. The highest BCUT2D eigenvalue weighted by molar-refractivity contribution is 5.37. The molecule has 0 amide bonds. The molecule has 2 aromatic rings. The second kappa shape index (κ2) is 6.04. The fourth-order valence-corrected chi connectivity index (χ4v) is 2.09. The Bertz CT molecular complexity index is 578. The summed E-state index contributed by atoms with van der Waals surface area (Å²) in [6, 6.07) is 0.763. The van der Waals surface area contributed by atoms with E-state index >= 15 is 0 Å². The minimum Gasteiger partial charge on any atom is -0.357 e. The molecule has 2 N–H and O–H groups in total. The monoisotopic (exact) mass is 288 g/mol. The van der Waals surface area contributed by atoms with Crippen LogP contribution in [-0.2, 0) is 0 Å². The first-order valence-corrected chi connectivity index (χ1v) is 7.12. The standard InChI is InChI=1S/C13H20N8/c1-14-11-17-12(16-6-7-20(2)10-3-4-10)19-13(18-11)21-8-5-15-9-21/h5,8-10H,3-4,6-7H2,1-2H3,(H2,14,16,17,18,19). The number of anilines is 2. The molecule has 8 heteroatoms. The van der Waals surface area contributed by atoms with Gasteiger partial charge in [-0.3, -0.25) is 4.57 Å². The van der Waals surface area contributed by atoms with E-state index in [-0.39, 0.29) is 0 Å². The maximum Gasteiger partial charge on any atom is 0.241 e. The van der Waals surface area contributed by atoms with Gasteiger partial charge in [-0.15, -0.1) is 0 Å². The number of nitrogens with zero attached hydrogens (tertiary/aromatic N) is 6. The van der Waals surface area contributed by atoms with Gasteiger partial charge in [-0.1, -0.05) is 0 Å². The second-order valence-electron chi connectivity index (χ2n) is 5.14. The summed E-state index contributed by atoms with van der Waals surface area (Å²) in [5.41, 5.74) is 0. The normalized spacial score (nSPS) is 14.4. The first-order valence-electron chi connectivity index (χ1n) is 7.12. The van der Waals surface area contributed by atoms with Gasteiger partial charge in [-0.05, 0) is 19.9 Å². The van der Waals surface area contributed by atoms with Crippen molar-refractivity contribution in [2.75, 3.05) is 37.8 Å². The molecule has 0 atom stereocenters. The highest BCUT2D eigenvalue weighted by atomic mass is 15.3. The van der Waals surface area contributed by atoms with Gasteiger partial charge in [-0.25, -0.2) is 4.98 Å².